The lowest BCUT2D eigenvalue weighted by Crippen LogP contribution is -1.89. The maximum Gasteiger partial charge on any atom is 0.146 e. The number of aliphatic hydroxyl groups excluding tert-OH is 1. The summed E-state index contributed by atoms with van der Waals surface area (Å²) in [6, 6.07) is 8.71. The largest absolute Gasteiger partial charge is 0.506 e. The van der Waals surface area contributed by atoms with Crippen molar-refractivity contribution in [2.75, 3.05) is 0 Å². The van der Waals surface area contributed by atoms with E-state index >= 15 is 0 Å². The Balaban J connectivity index is 2.48. The number of benzene rings is 1. The number of hydrogen-bond donors (Lipinski definition) is 2. The van der Waals surface area contributed by atoms with Crippen molar-refractivity contribution >= 4 is 17.4 Å². The third-order valence-electron chi connectivity index (χ3n) is 2.30. The van der Waals surface area contributed by atoms with Gasteiger partial charge >= 0.3 is 0 Å². The molecule has 0 fully saturated rings. The van der Waals surface area contributed by atoms with Crippen molar-refractivity contribution in [2.45, 2.75) is 0 Å². The molecule has 4 heteroatoms. The van der Waals surface area contributed by atoms with E-state index in [2.05, 4.69) is 11.6 Å². The Kier molecular flexibility index (Phi) is 3.02. The van der Waals surface area contributed by atoms with Crippen molar-refractivity contribution in [1.29, 1.82) is 0 Å². The number of aromatic hydroxyl groups is 1. The Morgan fingerprint density at radius 1 is 1.24 bits per heavy atom. The molecule has 0 unspecified atom stereocenters. The summed E-state index contributed by atoms with van der Waals surface area (Å²) >= 11 is 5.88. The van der Waals surface area contributed by atoms with E-state index in [1.54, 1.807) is 18.3 Å². The lowest BCUT2D eigenvalue weighted by Gasteiger charge is -2.05. The van der Waals surface area contributed by atoms with Crippen LogP contribution in [-0.2, 0) is 0 Å². The molecule has 2 N–H and O–H groups in total. The first kappa shape index (κ1) is 11.5. The fraction of sp³-hybridized carbons (Fsp3) is 0. The molecule has 1 aromatic heterocycles. The lowest BCUT2D eigenvalue weighted by molar-refractivity contribution is 0.456. The van der Waals surface area contributed by atoms with Crippen LogP contribution >= 0.6 is 11.6 Å². The van der Waals surface area contributed by atoms with Crippen LogP contribution in [0.15, 0.2) is 43.1 Å². The molecular weight excluding hydrogens is 238 g/mol. The molecule has 0 aliphatic carbocycles. The van der Waals surface area contributed by atoms with E-state index in [1.807, 2.05) is 12.1 Å². The first-order valence-electron chi connectivity index (χ1n) is 4.91. The molecule has 0 aliphatic rings. The van der Waals surface area contributed by atoms with Gasteiger partial charge in [0, 0.05) is 16.8 Å². The molecule has 0 aliphatic heterocycles. The van der Waals surface area contributed by atoms with E-state index in [-0.39, 0.29) is 17.2 Å². The van der Waals surface area contributed by atoms with Gasteiger partial charge in [0.05, 0.1) is 0 Å². The second-order valence-corrected chi connectivity index (χ2v) is 3.99. The zero-order chi connectivity index (χ0) is 12.4. The number of aromatic nitrogens is 1. The van der Waals surface area contributed by atoms with Crippen molar-refractivity contribution in [3.63, 3.8) is 0 Å². The van der Waals surface area contributed by atoms with E-state index < -0.39 is 0 Å². The number of pyridine rings is 1. The van der Waals surface area contributed by atoms with Gasteiger partial charge in [-0.05, 0) is 23.8 Å². The molecule has 0 bridgehead atoms. The van der Waals surface area contributed by atoms with Gasteiger partial charge in [-0.15, -0.1) is 0 Å². The van der Waals surface area contributed by atoms with Gasteiger partial charge in [-0.1, -0.05) is 30.3 Å². The van der Waals surface area contributed by atoms with E-state index in [0.29, 0.717) is 5.02 Å². The molecule has 17 heavy (non-hydrogen) atoms. The van der Waals surface area contributed by atoms with Gasteiger partial charge in [0.15, 0.2) is 0 Å². The van der Waals surface area contributed by atoms with Crippen LogP contribution in [0.2, 0.25) is 5.02 Å². The summed E-state index contributed by atoms with van der Waals surface area (Å²) in [5, 5.41) is 19.5. The third-order valence-corrected chi connectivity index (χ3v) is 2.53. The topological polar surface area (TPSA) is 53.4 Å². The molecular formula is C13H10ClNO2. The summed E-state index contributed by atoms with van der Waals surface area (Å²) in [7, 11) is 0. The highest BCUT2D eigenvalue weighted by molar-refractivity contribution is 6.30. The molecule has 0 saturated carbocycles. The highest BCUT2D eigenvalue weighted by Gasteiger charge is 2.08. The maximum absolute atomic E-state index is 9.68. The summed E-state index contributed by atoms with van der Waals surface area (Å²) in [5.74, 6) is -0.380. The number of rotatable bonds is 2. The Hall–Kier alpha value is -2.00. The number of halogens is 1. The molecule has 1 aromatic carbocycles. The van der Waals surface area contributed by atoms with Crippen molar-refractivity contribution in [3.05, 3.63) is 53.8 Å². The van der Waals surface area contributed by atoms with Crippen LogP contribution in [0.25, 0.3) is 16.9 Å². The first-order chi connectivity index (χ1) is 8.08. The molecule has 0 atom stereocenters. The van der Waals surface area contributed by atoms with Gasteiger partial charge in [-0.25, -0.2) is 4.98 Å². The summed E-state index contributed by atoms with van der Waals surface area (Å²) in [4.78, 5) is 3.94. The molecule has 2 rings (SSSR count). The fourth-order valence-electron chi connectivity index (χ4n) is 1.50. The summed E-state index contributed by atoms with van der Waals surface area (Å²) in [5.41, 5.74) is 1.64. The SMILES string of the molecule is C=C(O)c1ncc(-c2cccc(Cl)c2)cc1O. The molecule has 2 aromatic rings. The highest BCUT2D eigenvalue weighted by Crippen LogP contribution is 2.28. The predicted octanol–water partition coefficient (Wildman–Crippen LogP) is 3.64. The second-order valence-electron chi connectivity index (χ2n) is 3.55. The average molecular weight is 248 g/mol. The minimum absolute atomic E-state index is 0.0794. The standard InChI is InChI=1S/C13H10ClNO2/c1-8(16)13-12(17)6-10(7-15-13)9-3-2-4-11(14)5-9/h2-7,16-17H,1H2. The summed E-state index contributed by atoms with van der Waals surface area (Å²) in [6.07, 6.45) is 1.54. The molecule has 3 nitrogen and oxygen atoms in total. The van der Waals surface area contributed by atoms with Gasteiger partial charge in [-0.2, -0.15) is 0 Å². The Morgan fingerprint density at radius 3 is 2.59 bits per heavy atom. The molecule has 0 saturated heterocycles. The highest BCUT2D eigenvalue weighted by atomic mass is 35.5. The molecule has 1 heterocycles. The monoisotopic (exact) mass is 247 g/mol. The zero-order valence-corrected chi connectivity index (χ0v) is 9.65. The van der Waals surface area contributed by atoms with Crippen LogP contribution in [0.5, 0.6) is 5.75 Å². The quantitative estimate of drug-likeness (QED) is 0.797. The van der Waals surface area contributed by atoms with Crippen LogP contribution in [0.4, 0.5) is 0 Å². The normalized spacial score (nSPS) is 10.2. The van der Waals surface area contributed by atoms with Crippen LogP contribution in [0, 0.1) is 0 Å². The van der Waals surface area contributed by atoms with Crippen molar-refractivity contribution < 1.29 is 10.2 Å². The van der Waals surface area contributed by atoms with Crippen LogP contribution in [-0.4, -0.2) is 15.2 Å². The van der Waals surface area contributed by atoms with Gasteiger partial charge in [0.25, 0.3) is 0 Å². The van der Waals surface area contributed by atoms with Gasteiger partial charge in [0.1, 0.15) is 17.2 Å². The van der Waals surface area contributed by atoms with Gasteiger partial charge in [0.2, 0.25) is 0 Å². The summed E-state index contributed by atoms with van der Waals surface area (Å²) < 4.78 is 0. The first-order valence-corrected chi connectivity index (χ1v) is 5.29. The van der Waals surface area contributed by atoms with E-state index in [4.69, 9.17) is 11.6 Å². The van der Waals surface area contributed by atoms with Crippen LogP contribution in [0.1, 0.15) is 5.69 Å². The Bertz CT molecular complexity index is 581. The fourth-order valence-corrected chi connectivity index (χ4v) is 1.69. The van der Waals surface area contributed by atoms with Gasteiger partial charge in [-0.3, -0.25) is 0 Å². The Labute approximate surface area is 104 Å². The molecule has 86 valence electrons. The maximum atomic E-state index is 9.68. The van der Waals surface area contributed by atoms with E-state index in [0.717, 1.165) is 11.1 Å². The van der Waals surface area contributed by atoms with Crippen LogP contribution in [0.3, 0.4) is 0 Å². The molecule has 0 amide bonds. The second kappa shape index (κ2) is 4.47. The number of nitrogens with zero attached hydrogens (tertiary/aromatic N) is 1. The smallest absolute Gasteiger partial charge is 0.146 e. The lowest BCUT2D eigenvalue weighted by atomic mass is 10.1. The van der Waals surface area contributed by atoms with Crippen molar-refractivity contribution in [2.24, 2.45) is 0 Å². The van der Waals surface area contributed by atoms with E-state index in [9.17, 15) is 10.2 Å². The van der Waals surface area contributed by atoms with Crippen molar-refractivity contribution in [1.82, 2.24) is 4.98 Å². The van der Waals surface area contributed by atoms with Gasteiger partial charge < -0.3 is 10.2 Å². The van der Waals surface area contributed by atoms with Crippen molar-refractivity contribution in [3.8, 4) is 16.9 Å². The van der Waals surface area contributed by atoms with E-state index in [1.165, 1.54) is 6.07 Å². The number of hydrogen-bond acceptors (Lipinski definition) is 3. The predicted molar refractivity (Wildman–Crippen MR) is 68.0 cm³/mol. The zero-order valence-electron chi connectivity index (χ0n) is 8.89. The molecule has 0 radical (unpaired) electrons. The minimum atomic E-state index is -0.264. The van der Waals surface area contributed by atoms with Crippen LogP contribution < -0.4 is 0 Å². The third kappa shape index (κ3) is 2.40. The average Bonchev–Trinajstić information content (AvgIpc) is 2.28. The minimum Gasteiger partial charge on any atom is -0.506 e. The Morgan fingerprint density at radius 2 is 2.00 bits per heavy atom. The molecule has 0 spiro atoms. The summed E-state index contributed by atoms with van der Waals surface area (Å²) in [6.45, 7) is 3.31. The number of aliphatic hydroxyl groups is 1.